The molecule has 1 aliphatic carbocycles. The Bertz CT molecular complexity index is 250. The summed E-state index contributed by atoms with van der Waals surface area (Å²) in [5, 5.41) is 25.9. The van der Waals surface area contributed by atoms with Crippen LogP contribution in [-0.4, -0.2) is 17.2 Å². The van der Waals surface area contributed by atoms with E-state index < -0.39 is 7.12 Å². The summed E-state index contributed by atoms with van der Waals surface area (Å²) >= 11 is 0. The molecule has 56 valence electrons. The summed E-state index contributed by atoms with van der Waals surface area (Å²) in [6.45, 7) is 0. The Morgan fingerprint density at radius 1 is 1.55 bits per heavy atom. The Balaban J connectivity index is 2.78. The number of nitrogens with zero attached hydrogens (tertiary/aromatic N) is 1. The monoisotopic (exact) mass is 149 g/mol. The molecule has 1 rings (SSSR count). The lowest BCUT2D eigenvalue weighted by Crippen LogP contribution is -2.16. The van der Waals surface area contributed by atoms with E-state index in [1.165, 1.54) is 6.08 Å². The fourth-order valence-electron chi connectivity index (χ4n) is 1.01. The van der Waals surface area contributed by atoms with Gasteiger partial charge in [0, 0.05) is 5.57 Å². The molecular formula is C7H8BNO2. The Kier molecular flexibility index (Phi) is 2.47. The molecule has 0 saturated carbocycles. The van der Waals surface area contributed by atoms with Gasteiger partial charge in [0.05, 0.1) is 6.07 Å². The van der Waals surface area contributed by atoms with Gasteiger partial charge in [0.1, 0.15) is 0 Å². The second kappa shape index (κ2) is 3.38. The van der Waals surface area contributed by atoms with Crippen LogP contribution in [0.3, 0.4) is 0 Å². The molecule has 1 aliphatic rings. The lowest BCUT2D eigenvalue weighted by molar-refractivity contribution is 0.416. The van der Waals surface area contributed by atoms with Crippen molar-refractivity contribution in [2.75, 3.05) is 0 Å². The normalized spacial score (nSPS) is 16.5. The van der Waals surface area contributed by atoms with E-state index in [2.05, 4.69) is 0 Å². The van der Waals surface area contributed by atoms with E-state index in [1.54, 1.807) is 6.08 Å². The molecular weight excluding hydrogens is 141 g/mol. The van der Waals surface area contributed by atoms with Crippen molar-refractivity contribution in [2.24, 2.45) is 0 Å². The van der Waals surface area contributed by atoms with Gasteiger partial charge in [-0.1, -0.05) is 6.08 Å². The first-order valence-corrected chi connectivity index (χ1v) is 3.41. The molecule has 0 saturated heterocycles. The molecule has 0 fully saturated rings. The van der Waals surface area contributed by atoms with Crippen LogP contribution in [0.5, 0.6) is 0 Å². The van der Waals surface area contributed by atoms with E-state index in [4.69, 9.17) is 15.3 Å². The summed E-state index contributed by atoms with van der Waals surface area (Å²) in [5.74, 6) is 0. The van der Waals surface area contributed by atoms with Crippen molar-refractivity contribution >= 4 is 7.12 Å². The van der Waals surface area contributed by atoms with Gasteiger partial charge in [-0.15, -0.1) is 0 Å². The van der Waals surface area contributed by atoms with E-state index in [0.29, 0.717) is 23.9 Å². The van der Waals surface area contributed by atoms with Crippen molar-refractivity contribution in [1.82, 2.24) is 0 Å². The molecule has 0 radical (unpaired) electrons. The minimum absolute atomic E-state index is 0.513. The number of allylic oxidation sites excluding steroid dienone is 4. The summed E-state index contributed by atoms with van der Waals surface area (Å²) in [5.41, 5.74) is 1.03. The first-order chi connectivity index (χ1) is 5.24. The smallest absolute Gasteiger partial charge is 0.423 e. The van der Waals surface area contributed by atoms with Crippen LogP contribution in [0, 0.1) is 11.3 Å². The van der Waals surface area contributed by atoms with Crippen LogP contribution in [0.1, 0.15) is 12.8 Å². The Morgan fingerprint density at radius 2 is 2.27 bits per heavy atom. The van der Waals surface area contributed by atoms with Gasteiger partial charge < -0.3 is 10.0 Å². The molecule has 0 spiro atoms. The number of hydrogen-bond acceptors (Lipinski definition) is 3. The number of nitriles is 1. The summed E-state index contributed by atoms with van der Waals surface area (Å²) in [6, 6.07) is 1.95. The van der Waals surface area contributed by atoms with Crippen LogP contribution >= 0.6 is 0 Å². The van der Waals surface area contributed by atoms with Gasteiger partial charge in [-0.3, -0.25) is 0 Å². The summed E-state index contributed by atoms with van der Waals surface area (Å²) in [4.78, 5) is 0. The SMILES string of the molecule is N#CC1=CCCC(B(O)O)=C1. The molecule has 0 amide bonds. The van der Waals surface area contributed by atoms with Gasteiger partial charge in [-0.25, -0.2) is 0 Å². The highest BCUT2D eigenvalue weighted by molar-refractivity contribution is 6.50. The van der Waals surface area contributed by atoms with E-state index in [-0.39, 0.29) is 0 Å². The highest BCUT2D eigenvalue weighted by Crippen LogP contribution is 2.16. The molecule has 0 heterocycles. The molecule has 0 aromatic carbocycles. The van der Waals surface area contributed by atoms with Crippen LogP contribution in [0.2, 0.25) is 0 Å². The Labute approximate surface area is 65.4 Å². The predicted molar refractivity (Wildman–Crippen MR) is 41.2 cm³/mol. The van der Waals surface area contributed by atoms with Crippen molar-refractivity contribution in [2.45, 2.75) is 12.8 Å². The third-order valence-corrected chi connectivity index (χ3v) is 1.60. The van der Waals surface area contributed by atoms with Crippen LogP contribution < -0.4 is 0 Å². The average molecular weight is 149 g/mol. The van der Waals surface area contributed by atoms with E-state index >= 15 is 0 Å². The quantitative estimate of drug-likeness (QED) is 0.522. The standard InChI is InChI=1S/C7H8BNO2/c9-5-6-2-1-3-7(4-6)8(10)11/h2,4,10-11H,1,3H2. The maximum atomic E-state index is 8.74. The van der Waals surface area contributed by atoms with E-state index in [1.807, 2.05) is 6.07 Å². The molecule has 0 unspecified atom stereocenters. The van der Waals surface area contributed by atoms with Gasteiger partial charge in [0.25, 0.3) is 0 Å². The Hall–Kier alpha value is -1.05. The van der Waals surface area contributed by atoms with E-state index in [0.717, 1.165) is 0 Å². The highest BCUT2D eigenvalue weighted by Gasteiger charge is 2.16. The first kappa shape index (κ1) is 8.06. The van der Waals surface area contributed by atoms with Crippen LogP contribution in [0.4, 0.5) is 0 Å². The maximum absolute atomic E-state index is 8.74. The predicted octanol–water partition coefficient (Wildman–Crippen LogP) is 0.169. The minimum Gasteiger partial charge on any atom is -0.423 e. The second-order valence-corrected chi connectivity index (χ2v) is 2.40. The molecule has 0 bridgehead atoms. The molecule has 0 aromatic rings. The van der Waals surface area contributed by atoms with Crippen LogP contribution in [0.15, 0.2) is 23.2 Å². The van der Waals surface area contributed by atoms with Gasteiger partial charge in [-0.05, 0) is 24.4 Å². The van der Waals surface area contributed by atoms with Gasteiger partial charge in [-0.2, -0.15) is 5.26 Å². The zero-order valence-electron chi connectivity index (χ0n) is 5.99. The zero-order chi connectivity index (χ0) is 8.27. The third-order valence-electron chi connectivity index (χ3n) is 1.60. The highest BCUT2D eigenvalue weighted by atomic mass is 16.4. The molecule has 0 aliphatic heterocycles. The largest absolute Gasteiger partial charge is 0.484 e. The van der Waals surface area contributed by atoms with Gasteiger partial charge in [0.15, 0.2) is 0 Å². The molecule has 11 heavy (non-hydrogen) atoms. The molecule has 0 aromatic heterocycles. The summed E-state index contributed by atoms with van der Waals surface area (Å²) in [6.07, 6.45) is 4.65. The summed E-state index contributed by atoms with van der Waals surface area (Å²) in [7, 11) is -1.41. The summed E-state index contributed by atoms with van der Waals surface area (Å²) < 4.78 is 0. The lowest BCUT2D eigenvalue weighted by atomic mass is 9.74. The lowest BCUT2D eigenvalue weighted by Gasteiger charge is -2.08. The second-order valence-electron chi connectivity index (χ2n) is 2.40. The fraction of sp³-hybridized carbons (Fsp3) is 0.286. The Morgan fingerprint density at radius 3 is 2.82 bits per heavy atom. The van der Waals surface area contributed by atoms with Crippen LogP contribution in [0.25, 0.3) is 0 Å². The fourth-order valence-corrected chi connectivity index (χ4v) is 1.01. The van der Waals surface area contributed by atoms with Crippen molar-refractivity contribution in [3.63, 3.8) is 0 Å². The third kappa shape index (κ3) is 1.94. The minimum atomic E-state index is -1.41. The maximum Gasteiger partial charge on any atom is 0.484 e. The molecule has 4 heteroatoms. The van der Waals surface area contributed by atoms with Crippen molar-refractivity contribution < 1.29 is 10.0 Å². The molecule has 3 nitrogen and oxygen atoms in total. The first-order valence-electron chi connectivity index (χ1n) is 3.41. The van der Waals surface area contributed by atoms with Gasteiger partial charge in [0.2, 0.25) is 0 Å². The zero-order valence-corrected chi connectivity index (χ0v) is 5.99. The average Bonchev–Trinajstić information content (AvgIpc) is 2.05. The number of hydrogen-bond donors (Lipinski definition) is 2. The molecule has 2 N–H and O–H groups in total. The van der Waals surface area contributed by atoms with Crippen molar-refractivity contribution in [3.8, 4) is 6.07 Å². The van der Waals surface area contributed by atoms with Gasteiger partial charge >= 0.3 is 7.12 Å². The van der Waals surface area contributed by atoms with Crippen molar-refractivity contribution in [3.05, 3.63) is 23.2 Å². The van der Waals surface area contributed by atoms with Crippen molar-refractivity contribution in [1.29, 1.82) is 5.26 Å². The molecule has 0 atom stereocenters. The topological polar surface area (TPSA) is 64.2 Å². The number of rotatable bonds is 1. The van der Waals surface area contributed by atoms with Crippen LogP contribution in [-0.2, 0) is 0 Å². The van der Waals surface area contributed by atoms with E-state index in [9.17, 15) is 0 Å².